The van der Waals surface area contributed by atoms with Gasteiger partial charge in [0.05, 0.1) is 16.4 Å². The summed E-state index contributed by atoms with van der Waals surface area (Å²) < 4.78 is 2.61. The van der Waals surface area contributed by atoms with Crippen LogP contribution in [-0.4, -0.2) is 15.7 Å². The number of amides is 1. The number of alkyl halides is 1. The number of primary amides is 1. The fraction of sp³-hybridized carbons (Fsp3) is 0.0909. The molecule has 0 bridgehead atoms. The maximum absolute atomic E-state index is 10.9. The molecule has 0 fully saturated rings. The molecule has 0 saturated carbocycles. The lowest BCUT2D eigenvalue weighted by atomic mass is 10.1. The molecule has 2 rings (SSSR count). The molecule has 17 heavy (non-hydrogen) atoms. The summed E-state index contributed by atoms with van der Waals surface area (Å²) in [5.74, 6) is -0.554. The molecule has 1 unspecified atom stereocenters. The Morgan fingerprint density at radius 3 is 2.53 bits per heavy atom. The van der Waals surface area contributed by atoms with Crippen LogP contribution in [0.1, 0.15) is 10.9 Å². The van der Waals surface area contributed by atoms with E-state index in [1.165, 1.54) is 0 Å². The first kappa shape index (κ1) is 12.1. The molecule has 4 nitrogen and oxygen atoms in total. The molecule has 1 heterocycles. The lowest BCUT2D eigenvalue weighted by Crippen LogP contribution is -2.16. The van der Waals surface area contributed by atoms with Crippen LogP contribution >= 0.6 is 27.5 Å². The van der Waals surface area contributed by atoms with Gasteiger partial charge in [-0.1, -0.05) is 12.1 Å². The van der Waals surface area contributed by atoms with Crippen molar-refractivity contribution < 1.29 is 4.79 Å². The molecule has 1 atom stereocenters. The van der Waals surface area contributed by atoms with Crippen molar-refractivity contribution in [2.24, 2.45) is 5.73 Å². The first-order valence-electron chi connectivity index (χ1n) is 4.82. The third-order valence-electron chi connectivity index (χ3n) is 2.25. The zero-order chi connectivity index (χ0) is 12.4. The number of halogens is 2. The fourth-order valence-electron chi connectivity index (χ4n) is 1.40. The Balaban J connectivity index is 2.27. The molecule has 0 spiro atoms. The summed E-state index contributed by atoms with van der Waals surface area (Å²) in [6.45, 7) is 0. The highest BCUT2D eigenvalue weighted by atomic mass is 79.9. The summed E-state index contributed by atoms with van der Waals surface area (Å²) in [6.07, 6.45) is 3.53. The van der Waals surface area contributed by atoms with E-state index < -0.39 is 11.3 Å². The molecule has 1 aromatic heterocycles. The van der Waals surface area contributed by atoms with Crippen LogP contribution in [0.15, 0.2) is 41.1 Å². The Morgan fingerprint density at radius 2 is 2.06 bits per heavy atom. The van der Waals surface area contributed by atoms with Gasteiger partial charge < -0.3 is 5.73 Å². The zero-order valence-corrected chi connectivity index (χ0v) is 11.0. The number of aromatic nitrogens is 2. The molecule has 6 heteroatoms. The van der Waals surface area contributed by atoms with Gasteiger partial charge in [-0.15, -0.1) is 11.6 Å². The maximum atomic E-state index is 10.9. The topological polar surface area (TPSA) is 60.9 Å². The second kappa shape index (κ2) is 4.89. The van der Waals surface area contributed by atoms with E-state index in [4.69, 9.17) is 17.3 Å². The monoisotopic (exact) mass is 313 g/mol. The predicted octanol–water partition coefficient (Wildman–Crippen LogP) is 2.40. The largest absolute Gasteiger partial charge is 0.368 e. The molecule has 0 aliphatic carbocycles. The van der Waals surface area contributed by atoms with Crippen molar-refractivity contribution in [2.75, 3.05) is 0 Å². The quantitative estimate of drug-likeness (QED) is 0.884. The number of nitrogens with two attached hydrogens (primary N) is 1. The van der Waals surface area contributed by atoms with Gasteiger partial charge in [-0.3, -0.25) is 4.79 Å². The van der Waals surface area contributed by atoms with Gasteiger partial charge in [-0.05, 0) is 33.6 Å². The van der Waals surface area contributed by atoms with Gasteiger partial charge in [-0.25, -0.2) is 4.68 Å². The Bertz CT molecular complexity index is 538. The van der Waals surface area contributed by atoms with Gasteiger partial charge >= 0.3 is 0 Å². The number of rotatable bonds is 3. The van der Waals surface area contributed by atoms with Crippen molar-refractivity contribution >= 4 is 33.4 Å². The molecule has 0 radical (unpaired) electrons. The minimum atomic E-state index is -0.798. The van der Waals surface area contributed by atoms with Crippen LogP contribution in [0.5, 0.6) is 0 Å². The van der Waals surface area contributed by atoms with Gasteiger partial charge in [0.2, 0.25) is 5.91 Å². The van der Waals surface area contributed by atoms with Gasteiger partial charge in [0.1, 0.15) is 5.38 Å². The van der Waals surface area contributed by atoms with Crippen molar-refractivity contribution in [3.63, 3.8) is 0 Å². The third-order valence-corrected chi connectivity index (χ3v) is 3.13. The van der Waals surface area contributed by atoms with Crippen LogP contribution in [-0.2, 0) is 4.79 Å². The normalized spacial score (nSPS) is 12.4. The fourth-order valence-corrected chi connectivity index (χ4v) is 1.83. The summed E-state index contributed by atoms with van der Waals surface area (Å²) in [6, 6.07) is 7.17. The van der Waals surface area contributed by atoms with Crippen LogP contribution in [0, 0.1) is 0 Å². The van der Waals surface area contributed by atoms with Gasteiger partial charge in [-0.2, -0.15) is 5.10 Å². The van der Waals surface area contributed by atoms with E-state index >= 15 is 0 Å². The van der Waals surface area contributed by atoms with Gasteiger partial charge in [0.15, 0.2) is 0 Å². The maximum Gasteiger partial charge on any atom is 0.240 e. The molecule has 88 valence electrons. The minimum absolute atomic E-state index is 0.554. The zero-order valence-electron chi connectivity index (χ0n) is 8.68. The number of benzene rings is 1. The number of hydrogen-bond acceptors (Lipinski definition) is 2. The summed E-state index contributed by atoms with van der Waals surface area (Å²) in [4.78, 5) is 10.9. The van der Waals surface area contributed by atoms with Crippen molar-refractivity contribution in [1.82, 2.24) is 9.78 Å². The highest BCUT2D eigenvalue weighted by Crippen LogP contribution is 2.21. The SMILES string of the molecule is NC(=O)C(Cl)c1ccc(-n2cc(Br)cn2)cc1. The van der Waals surface area contributed by atoms with E-state index in [0.717, 1.165) is 10.2 Å². The molecule has 1 aromatic carbocycles. The van der Waals surface area contributed by atoms with Crippen LogP contribution < -0.4 is 5.73 Å². The van der Waals surface area contributed by atoms with E-state index in [1.54, 1.807) is 23.0 Å². The number of carbonyl (C=O) groups excluding carboxylic acids is 1. The van der Waals surface area contributed by atoms with E-state index in [1.807, 2.05) is 18.3 Å². The standard InChI is InChI=1S/C11H9BrClN3O/c12-8-5-15-16(6-8)9-3-1-7(2-4-9)10(13)11(14)17/h1-6,10H,(H2,14,17). The number of hydrogen-bond donors (Lipinski definition) is 1. The van der Waals surface area contributed by atoms with Crippen molar-refractivity contribution in [1.29, 1.82) is 0 Å². The molecule has 0 aliphatic heterocycles. The van der Waals surface area contributed by atoms with Gasteiger partial charge in [0.25, 0.3) is 0 Å². The van der Waals surface area contributed by atoms with Crippen LogP contribution in [0.3, 0.4) is 0 Å². The van der Waals surface area contributed by atoms with E-state index in [0.29, 0.717) is 5.56 Å². The van der Waals surface area contributed by atoms with Crippen LogP contribution in [0.4, 0.5) is 0 Å². The summed E-state index contributed by atoms with van der Waals surface area (Å²) in [7, 11) is 0. The number of nitrogens with zero attached hydrogens (tertiary/aromatic N) is 2. The van der Waals surface area contributed by atoms with Crippen molar-refractivity contribution in [3.05, 3.63) is 46.7 Å². The lowest BCUT2D eigenvalue weighted by molar-refractivity contribution is -0.117. The first-order chi connectivity index (χ1) is 8.08. The second-order valence-corrected chi connectivity index (χ2v) is 4.81. The smallest absolute Gasteiger partial charge is 0.240 e. The molecule has 1 amide bonds. The Hall–Kier alpha value is -1.33. The Kier molecular flexibility index (Phi) is 3.49. The molecule has 2 N–H and O–H groups in total. The minimum Gasteiger partial charge on any atom is -0.368 e. The third kappa shape index (κ3) is 2.68. The average molecular weight is 315 g/mol. The van der Waals surface area contributed by atoms with Crippen LogP contribution in [0.2, 0.25) is 0 Å². The van der Waals surface area contributed by atoms with E-state index in [-0.39, 0.29) is 0 Å². The Labute approximate surface area is 111 Å². The Morgan fingerprint density at radius 1 is 1.41 bits per heavy atom. The summed E-state index contributed by atoms with van der Waals surface area (Å²) in [5, 5.41) is 3.34. The van der Waals surface area contributed by atoms with E-state index in [2.05, 4.69) is 21.0 Å². The van der Waals surface area contributed by atoms with Crippen molar-refractivity contribution in [3.8, 4) is 5.69 Å². The molecular formula is C11H9BrClN3O. The summed E-state index contributed by atoms with van der Waals surface area (Å²) >= 11 is 9.16. The molecule has 0 aliphatic rings. The van der Waals surface area contributed by atoms with Crippen molar-refractivity contribution in [2.45, 2.75) is 5.38 Å². The number of carbonyl (C=O) groups is 1. The van der Waals surface area contributed by atoms with Gasteiger partial charge in [0, 0.05) is 6.20 Å². The second-order valence-electron chi connectivity index (χ2n) is 3.46. The average Bonchev–Trinajstić information content (AvgIpc) is 2.75. The highest BCUT2D eigenvalue weighted by Gasteiger charge is 2.13. The van der Waals surface area contributed by atoms with Crippen LogP contribution in [0.25, 0.3) is 5.69 Å². The molecule has 0 saturated heterocycles. The van der Waals surface area contributed by atoms with E-state index in [9.17, 15) is 4.79 Å². The lowest BCUT2D eigenvalue weighted by Gasteiger charge is -2.06. The summed E-state index contributed by atoms with van der Waals surface area (Å²) in [5.41, 5.74) is 6.68. The molecular weight excluding hydrogens is 305 g/mol. The first-order valence-corrected chi connectivity index (χ1v) is 6.05. The highest BCUT2D eigenvalue weighted by molar-refractivity contribution is 9.10. The predicted molar refractivity (Wildman–Crippen MR) is 69.1 cm³/mol. The molecule has 2 aromatic rings.